The number of nitrogens with zero attached hydrogens (tertiary/aromatic N) is 2. The Labute approximate surface area is 151 Å². The first kappa shape index (κ1) is 17.2. The fourth-order valence-corrected chi connectivity index (χ4v) is 3.34. The Morgan fingerprint density at radius 2 is 1.52 bits per heavy atom. The van der Waals surface area contributed by atoms with Crippen LogP contribution in [0.1, 0.15) is 32.0 Å². The van der Waals surface area contributed by atoms with Crippen LogP contribution in [0.3, 0.4) is 0 Å². The molecular weight excluding hydrogens is 304 g/mol. The smallest absolute Gasteiger partial charge is 0.212 e. The van der Waals surface area contributed by atoms with Crippen molar-refractivity contribution in [2.75, 3.05) is 18.0 Å². The van der Waals surface area contributed by atoms with E-state index in [0.717, 1.165) is 19.6 Å². The molecule has 0 aliphatic rings. The van der Waals surface area contributed by atoms with E-state index in [2.05, 4.69) is 103 Å². The molecule has 2 heteroatoms. The lowest BCUT2D eigenvalue weighted by molar-refractivity contribution is -0.669. The largest absolute Gasteiger partial charge is 0.372 e. The molecule has 3 rings (SSSR count). The molecule has 1 aromatic heterocycles. The van der Waals surface area contributed by atoms with Crippen LogP contribution in [-0.4, -0.2) is 13.1 Å². The summed E-state index contributed by atoms with van der Waals surface area (Å²) >= 11 is 0. The van der Waals surface area contributed by atoms with Crippen LogP contribution in [0.5, 0.6) is 0 Å². The Hall–Kier alpha value is -2.61. The van der Waals surface area contributed by atoms with E-state index in [4.69, 9.17) is 0 Å². The van der Waals surface area contributed by atoms with Crippen LogP contribution in [0.4, 0.5) is 5.69 Å². The highest BCUT2D eigenvalue weighted by atomic mass is 15.1. The normalized spacial score (nSPS) is 11.3. The van der Waals surface area contributed by atoms with Crippen LogP contribution in [0, 0.1) is 0 Å². The molecule has 0 saturated heterocycles. The zero-order chi connectivity index (χ0) is 17.6. The van der Waals surface area contributed by atoms with Gasteiger partial charge in [-0.25, -0.2) is 0 Å². The molecule has 1 heterocycles. The molecule has 0 N–H and O–H groups in total. The van der Waals surface area contributed by atoms with Gasteiger partial charge in [-0.05, 0) is 56.7 Å². The van der Waals surface area contributed by atoms with Crippen LogP contribution in [-0.2, 0) is 6.54 Å². The van der Waals surface area contributed by atoms with Crippen LogP contribution in [0.15, 0.2) is 60.7 Å². The first-order valence-electron chi connectivity index (χ1n) is 9.21. The van der Waals surface area contributed by atoms with Crippen molar-refractivity contribution in [1.29, 1.82) is 0 Å². The van der Waals surface area contributed by atoms with Gasteiger partial charge in [-0.1, -0.05) is 24.3 Å². The van der Waals surface area contributed by atoms with Gasteiger partial charge in [0.15, 0.2) is 0 Å². The summed E-state index contributed by atoms with van der Waals surface area (Å²) in [6, 6.07) is 21.8. The topological polar surface area (TPSA) is 7.12 Å². The molecule has 0 saturated carbocycles. The number of pyridine rings is 1. The molecule has 0 spiro atoms. The monoisotopic (exact) mass is 331 g/mol. The number of rotatable bonds is 6. The number of fused-ring (bicyclic) bond motifs is 1. The van der Waals surface area contributed by atoms with Gasteiger partial charge in [-0.3, -0.25) is 0 Å². The van der Waals surface area contributed by atoms with Gasteiger partial charge in [0.1, 0.15) is 6.54 Å². The van der Waals surface area contributed by atoms with Crippen molar-refractivity contribution in [3.8, 4) is 0 Å². The first-order chi connectivity index (χ1) is 12.3. The first-order valence-corrected chi connectivity index (χ1v) is 9.21. The summed E-state index contributed by atoms with van der Waals surface area (Å²) in [7, 11) is 0. The molecule has 2 nitrogen and oxygen atoms in total. The van der Waals surface area contributed by atoms with E-state index in [1.54, 1.807) is 0 Å². The molecule has 0 aliphatic carbocycles. The maximum absolute atomic E-state index is 2.36. The number of hydrogen-bond donors (Lipinski definition) is 0. The molecule has 25 heavy (non-hydrogen) atoms. The number of hydrogen-bond acceptors (Lipinski definition) is 1. The van der Waals surface area contributed by atoms with Crippen molar-refractivity contribution >= 4 is 28.7 Å². The Balaban J connectivity index is 1.88. The average Bonchev–Trinajstić information content (AvgIpc) is 2.67. The minimum Gasteiger partial charge on any atom is -0.372 e. The maximum atomic E-state index is 2.36. The number of aryl methyl sites for hydroxylation is 1. The summed E-state index contributed by atoms with van der Waals surface area (Å²) in [6.07, 6.45) is 4.41. The molecule has 0 fully saturated rings. The van der Waals surface area contributed by atoms with Crippen molar-refractivity contribution < 1.29 is 4.57 Å². The van der Waals surface area contributed by atoms with E-state index in [9.17, 15) is 0 Å². The van der Waals surface area contributed by atoms with Gasteiger partial charge in [-0.2, -0.15) is 4.57 Å². The van der Waals surface area contributed by atoms with E-state index >= 15 is 0 Å². The Morgan fingerprint density at radius 1 is 0.800 bits per heavy atom. The summed E-state index contributed by atoms with van der Waals surface area (Å²) in [5, 5.41) is 1.28. The van der Waals surface area contributed by atoms with Gasteiger partial charge in [0.05, 0.1) is 0 Å². The SMILES string of the molecule is CCN(CC)c1ccc(/C=C/c2ccc3ccccc3[n+]2CC)cc1. The van der Waals surface area contributed by atoms with Gasteiger partial charge in [0.2, 0.25) is 11.2 Å². The van der Waals surface area contributed by atoms with Crippen molar-refractivity contribution in [2.45, 2.75) is 27.3 Å². The molecule has 3 aromatic rings. The second kappa shape index (κ2) is 7.98. The van der Waals surface area contributed by atoms with Crippen molar-refractivity contribution in [1.82, 2.24) is 0 Å². The zero-order valence-electron chi connectivity index (χ0n) is 15.4. The van der Waals surface area contributed by atoms with Gasteiger partial charge in [0, 0.05) is 42.4 Å². The van der Waals surface area contributed by atoms with Crippen LogP contribution < -0.4 is 9.47 Å². The third-order valence-corrected chi connectivity index (χ3v) is 4.76. The van der Waals surface area contributed by atoms with E-state index < -0.39 is 0 Å². The Kier molecular flexibility index (Phi) is 5.49. The number of para-hydroxylation sites is 1. The van der Waals surface area contributed by atoms with Crippen molar-refractivity contribution in [3.05, 3.63) is 71.9 Å². The molecule has 2 aromatic carbocycles. The quantitative estimate of drug-likeness (QED) is 0.566. The van der Waals surface area contributed by atoms with Crippen LogP contribution in [0.25, 0.3) is 23.1 Å². The second-order valence-electron chi connectivity index (χ2n) is 6.16. The number of anilines is 1. The number of benzene rings is 2. The predicted octanol–water partition coefficient (Wildman–Crippen LogP) is 5.16. The lowest BCUT2D eigenvalue weighted by atomic mass is 10.1. The second-order valence-corrected chi connectivity index (χ2v) is 6.16. The number of aromatic nitrogens is 1. The molecule has 0 amide bonds. The third kappa shape index (κ3) is 3.74. The zero-order valence-corrected chi connectivity index (χ0v) is 15.4. The Morgan fingerprint density at radius 3 is 2.20 bits per heavy atom. The van der Waals surface area contributed by atoms with Gasteiger partial charge >= 0.3 is 0 Å². The third-order valence-electron chi connectivity index (χ3n) is 4.76. The standard InChI is InChI=1S/C23H27N2/c1-4-24(5-2)21-15-11-19(12-16-21)13-17-22-18-14-20-9-7-8-10-23(20)25(22)6-3/h7-18H,4-6H2,1-3H3/q+1. The fraction of sp³-hybridized carbons (Fsp3) is 0.261. The molecule has 128 valence electrons. The van der Waals surface area contributed by atoms with E-state index in [0.29, 0.717) is 0 Å². The highest BCUT2D eigenvalue weighted by molar-refractivity contribution is 5.77. The molecule has 0 radical (unpaired) electrons. The van der Waals surface area contributed by atoms with E-state index in [1.807, 2.05) is 0 Å². The van der Waals surface area contributed by atoms with Gasteiger partial charge < -0.3 is 4.90 Å². The minimum absolute atomic E-state index is 0.960. The van der Waals surface area contributed by atoms with E-state index in [-0.39, 0.29) is 0 Å². The summed E-state index contributed by atoms with van der Waals surface area (Å²) in [5.41, 5.74) is 5.03. The van der Waals surface area contributed by atoms with Crippen LogP contribution in [0.2, 0.25) is 0 Å². The molecular formula is C23H27N2+. The van der Waals surface area contributed by atoms with Crippen molar-refractivity contribution in [2.24, 2.45) is 0 Å². The molecule has 0 bridgehead atoms. The molecule has 0 unspecified atom stereocenters. The lowest BCUT2D eigenvalue weighted by Crippen LogP contribution is -2.36. The summed E-state index contributed by atoms with van der Waals surface area (Å²) in [4.78, 5) is 2.36. The molecule has 0 atom stereocenters. The highest BCUT2D eigenvalue weighted by Gasteiger charge is 2.11. The van der Waals surface area contributed by atoms with Crippen molar-refractivity contribution in [3.63, 3.8) is 0 Å². The average molecular weight is 331 g/mol. The van der Waals surface area contributed by atoms with Gasteiger partial charge in [0.25, 0.3) is 0 Å². The molecule has 0 aliphatic heterocycles. The van der Waals surface area contributed by atoms with E-state index in [1.165, 1.54) is 27.8 Å². The maximum Gasteiger partial charge on any atom is 0.212 e. The Bertz CT molecular complexity index is 859. The lowest BCUT2D eigenvalue weighted by Gasteiger charge is -2.20. The highest BCUT2D eigenvalue weighted by Crippen LogP contribution is 2.17. The summed E-state index contributed by atoms with van der Waals surface area (Å²) < 4.78 is 2.36. The van der Waals surface area contributed by atoms with Gasteiger partial charge in [-0.15, -0.1) is 0 Å². The predicted molar refractivity (Wildman–Crippen MR) is 109 cm³/mol. The summed E-state index contributed by atoms with van der Waals surface area (Å²) in [5.74, 6) is 0. The fourth-order valence-electron chi connectivity index (χ4n) is 3.34. The summed E-state index contributed by atoms with van der Waals surface area (Å²) in [6.45, 7) is 9.63. The minimum atomic E-state index is 0.960. The van der Waals surface area contributed by atoms with Crippen LogP contribution >= 0.6 is 0 Å².